The van der Waals surface area contributed by atoms with Crippen LogP contribution in [0.5, 0.6) is 0 Å². The molecular weight excluding hydrogens is 523 g/mol. The largest absolute Gasteiger partial charge is 0.353 e. The summed E-state index contributed by atoms with van der Waals surface area (Å²) in [7, 11) is 0. The van der Waals surface area contributed by atoms with Crippen molar-refractivity contribution in [2.24, 2.45) is 0 Å². The molecule has 2 aromatic heterocycles. The van der Waals surface area contributed by atoms with Crippen molar-refractivity contribution in [2.75, 3.05) is 29.9 Å². The molecule has 0 spiro atoms. The highest BCUT2D eigenvalue weighted by Crippen LogP contribution is 2.34. The van der Waals surface area contributed by atoms with Gasteiger partial charge in [-0.05, 0) is 29.3 Å². The summed E-state index contributed by atoms with van der Waals surface area (Å²) in [5.74, 6) is -0.568. The zero-order chi connectivity index (χ0) is 24.3. The van der Waals surface area contributed by atoms with Gasteiger partial charge in [-0.15, -0.1) is 11.3 Å². The minimum Gasteiger partial charge on any atom is -0.353 e. The molecule has 1 aromatic carbocycles. The Morgan fingerprint density at radius 2 is 2.09 bits per heavy atom. The van der Waals surface area contributed by atoms with Crippen molar-refractivity contribution < 1.29 is 14.0 Å². The smallest absolute Gasteiger partial charge is 0.321 e. The highest BCUT2D eigenvalue weighted by molar-refractivity contribution is 9.10. The van der Waals surface area contributed by atoms with Crippen molar-refractivity contribution in [1.29, 1.82) is 0 Å². The molecule has 3 N–H and O–H groups in total. The van der Waals surface area contributed by atoms with Crippen molar-refractivity contribution in [3.05, 3.63) is 69.0 Å². The topological polar surface area (TPSA) is 99.3 Å². The summed E-state index contributed by atoms with van der Waals surface area (Å²) < 4.78 is 15.5. The number of amides is 3. The number of rotatable bonds is 6. The summed E-state index contributed by atoms with van der Waals surface area (Å²) in [6.45, 7) is 5.26. The fourth-order valence-electron chi connectivity index (χ4n) is 3.58. The van der Waals surface area contributed by atoms with Crippen LogP contribution in [0, 0.1) is 5.82 Å². The summed E-state index contributed by atoms with van der Waals surface area (Å²) in [6, 6.07) is 8.94. The van der Waals surface area contributed by atoms with E-state index in [1.165, 1.54) is 23.6 Å². The molecule has 3 aromatic rings. The summed E-state index contributed by atoms with van der Waals surface area (Å²) in [5.41, 5.74) is 2.14. The molecule has 0 atom stereocenters. The third-order valence-corrected chi connectivity index (χ3v) is 6.89. The molecule has 0 bridgehead atoms. The van der Waals surface area contributed by atoms with Gasteiger partial charge in [0.2, 0.25) is 5.91 Å². The van der Waals surface area contributed by atoms with Crippen LogP contribution < -0.4 is 20.9 Å². The number of nitrogens with zero attached hydrogens (tertiary/aromatic N) is 3. The number of hydrogen-bond donors (Lipinski definition) is 3. The van der Waals surface area contributed by atoms with Gasteiger partial charge in [-0.2, -0.15) is 0 Å². The molecule has 0 saturated carbocycles. The highest BCUT2D eigenvalue weighted by Gasteiger charge is 2.26. The molecule has 1 aliphatic heterocycles. The fourth-order valence-corrected chi connectivity index (χ4v) is 4.71. The van der Waals surface area contributed by atoms with E-state index in [4.69, 9.17) is 0 Å². The van der Waals surface area contributed by atoms with Crippen molar-refractivity contribution in [3.63, 3.8) is 0 Å². The summed E-state index contributed by atoms with van der Waals surface area (Å²) in [4.78, 5) is 34.2. The van der Waals surface area contributed by atoms with E-state index >= 15 is 0 Å². The van der Waals surface area contributed by atoms with E-state index in [1.807, 2.05) is 29.6 Å². The third kappa shape index (κ3) is 5.53. The number of pyridine rings is 1. The molecule has 1 aliphatic rings. The lowest BCUT2D eigenvalue weighted by molar-refractivity contribution is -0.120. The van der Waals surface area contributed by atoms with Gasteiger partial charge in [0, 0.05) is 41.1 Å². The average Bonchev–Trinajstić information content (AvgIpc) is 3.27. The number of carbonyl (C=O) groups excluding carboxylic acids is 2. The molecule has 11 heteroatoms. The van der Waals surface area contributed by atoms with Gasteiger partial charge in [-0.3, -0.25) is 10.1 Å². The number of halogens is 2. The number of carbonyl (C=O) groups is 2. The maximum absolute atomic E-state index is 14.5. The number of aromatic nitrogens is 2. The van der Waals surface area contributed by atoms with Gasteiger partial charge < -0.3 is 15.5 Å². The minimum atomic E-state index is -0.533. The molecule has 178 valence electrons. The Hall–Kier alpha value is -3.05. The van der Waals surface area contributed by atoms with Crippen LogP contribution in [0.3, 0.4) is 0 Å². The maximum Gasteiger partial charge on any atom is 0.321 e. The second-order valence-electron chi connectivity index (χ2n) is 8.40. The number of thiazole rings is 1. The maximum atomic E-state index is 14.5. The Morgan fingerprint density at radius 3 is 2.79 bits per heavy atom. The fraction of sp³-hybridized carbons (Fsp3) is 0.304. The van der Waals surface area contributed by atoms with E-state index in [-0.39, 0.29) is 30.2 Å². The van der Waals surface area contributed by atoms with Crippen molar-refractivity contribution in [1.82, 2.24) is 20.6 Å². The standard InChI is InChI=1S/C23H24BrFN6O2S/c1-23(2,15-3-5-16(24)6-4-15)18-13-34-22(29-18)30-21(33)28-11-14-9-17(25)20(27-10-14)31-8-7-26-19(32)12-31/h3-6,9-10,13H,7-8,11-12H2,1-2H3,(H,26,32)(H2,28,29,30,33). The quantitative estimate of drug-likeness (QED) is 0.433. The van der Waals surface area contributed by atoms with E-state index in [0.29, 0.717) is 23.8 Å². The molecule has 34 heavy (non-hydrogen) atoms. The van der Waals surface area contributed by atoms with E-state index in [2.05, 4.69) is 55.7 Å². The van der Waals surface area contributed by atoms with Crippen LogP contribution in [0.2, 0.25) is 0 Å². The molecule has 3 heterocycles. The molecule has 0 radical (unpaired) electrons. The van der Waals surface area contributed by atoms with Crippen molar-refractivity contribution in [3.8, 4) is 0 Å². The Bertz CT molecular complexity index is 1200. The van der Waals surface area contributed by atoms with Crippen LogP contribution >= 0.6 is 27.3 Å². The Kier molecular flexibility index (Phi) is 7.13. The van der Waals surface area contributed by atoms with Crippen LogP contribution in [0.1, 0.15) is 30.7 Å². The first kappa shape index (κ1) is 24.1. The second kappa shape index (κ2) is 10.1. The van der Waals surface area contributed by atoms with Gasteiger partial charge in [-0.1, -0.05) is 41.9 Å². The van der Waals surface area contributed by atoms with Crippen LogP contribution in [-0.2, 0) is 16.8 Å². The summed E-state index contributed by atoms with van der Waals surface area (Å²) >= 11 is 4.79. The van der Waals surface area contributed by atoms with E-state index < -0.39 is 11.8 Å². The monoisotopic (exact) mass is 546 g/mol. The van der Waals surface area contributed by atoms with Crippen molar-refractivity contribution >= 4 is 50.2 Å². The first-order chi connectivity index (χ1) is 16.2. The first-order valence-corrected chi connectivity index (χ1v) is 12.3. The normalized spacial score (nSPS) is 14.0. The molecule has 8 nitrogen and oxygen atoms in total. The van der Waals surface area contributed by atoms with Crippen LogP contribution in [0.15, 0.2) is 46.4 Å². The Labute approximate surface area is 209 Å². The van der Waals surface area contributed by atoms with E-state index in [0.717, 1.165) is 15.7 Å². The lowest BCUT2D eigenvalue weighted by Gasteiger charge is -2.27. The predicted octanol–water partition coefficient (Wildman–Crippen LogP) is 4.02. The lowest BCUT2D eigenvalue weighted by Crippen LogP contribution is -2.48. The van der Waals surface area contributed by atoms with Crippen molar-refractivity contribution in [2.45, 2.75) is 25.8 Å². The molecular formula is C23H24BrFN6O2S. The molecule has 0 aliphatic carbocycles. The number of piperazine rings is 1. The van der Waals surface area contributed by atoms with E-state index in [1.54, 1.807) is 4.90 Å². The second-order valence-corrected chi connectivity index (χ2v) is 10.2. The minimum absolute atomic E-state index is 0.0678. The zero-order valence-corrected chi connectivity index (χ0v) is 21.1. The van der Waals surface area contributed by atoms with Gasteiger partial charge in [-0.25, -0.2) is 19.2 Å². The van der Waals surface area contributed by atoms with E-state index in [9.17, 15) is 14.0 Å². The third-order valence-electron chi connectivity index (χ3n) is 5.60. The predicted molar refractivity (Wildman–Crippen MR) is 134 cm³/mol. The number of hydrogen-bond acceptors (Lipinski definition) is 6. The van der Waals surface area contributed by atoms with Gasteiger partial charge >= 0.3 is 6.03 Å². The van der Waals surface area contributed by atoms with Gasteiger partial charge in [0.1, 0.15) is 0 Å². The average molecular weight is 547 g/mol. The van der Waals surface area contributed by atoms with Crippen LogP contribution in [-0.4, -0.2) is 41.5 Å². The SMILES string of the molecule is CC(C)(c1ccc(Br)cc1)c1csc(NC(=O)NCc2cnc(N3CCNC(=O)C3)c(F)c2)n1. The Balaban J connectivity index is 1.34. The number of urea groups is 1. The zero-order valence-electron chi connectivity index (χ0n) is 18.7. The lowest BCUT2D eigenvalue weighted by atomic mass is 9.82. The molecule has 4 rings (SSSR count). The number of benzene rings is 1. The van der Waals surface area contributed by atoms with Gasteiger partial charge in [0.15, 0.2) is 16.8 Å². The molecule has 1 fully saturated rings. The molecule has 0 unspecified atom stereocenters. The highest BCUT2D eigenvalue weighted by atomic mass is 79.9. The van der Waals surface area contributed by atoms with Gasteiger partial charge in [0.05, 0.1) is 12.2 Å². The summed E-state index contributed by atoms with van der Waals surface area (Å²) in [6.07, 6.45) is 1.49. The Morgan fingerprint density at radius 1 is 1.32 bits per heavy atom. The van der Waals surface area contributed by atoms with Crippen LogP contribution in [0.4, 0.5) is 20.1 Å². The first-order valence-electron chi connectivity index (χ1n) is 10.7. The van der Waals surface area contributed by atoms with Gasteiger partial charge in [0.25, 0.3) is 0 Å². The van der Waals surface area contributed by atoms with Crippen LogP contribution in [0.25, 0.3) is 0 Å². The number of anilines is 2. The summed E-state index contributed by atoms with van der Waals surface area (Å²) in [5, 5.41) is 10.5. The molecule has 3 amide bonds. The number of nitrogens with one attached hydrogen (secondary N) is 3. The molecule has 1 saturated heterocycles.